The van der Waals surface area contributed by atoms with Crippen LogP contribution in [0.3, 0.4) is 0 Å². The van der Waals surface area contributed by atoms with Crippen molar-refractivity contribution in [2.45, 2.75) is 19.6 Å². The van der Waals surface area contributed by atoms with Crippen molar-refractivity contribution in [3.8, 4) is 0 Å². The van der Waals surface area contributed by atoms with Crippen molar-refractivity contribution in [1.82, 2.24) is 18.7 Å². The van der Waals surface area contributed by atoms with Gasteiger partial charge < -0.3 is 19.9 Å². The van der Waals surface area contributed by atoms with E-state index in [1.165, 1.54) is 16.5 Å². The van der Waals surface area contributed by atoms with Gasteiger partial charge in [-0.05, 0) is 6.92 Å². The molecule has 9 nitrogen and oxygen atoms in total. The highest BCUT2D eigenvalue weighted by Gasteiger charge is 2.19. The van der Waals surface area contributed by atoms with E-state index in [4.69, 9.17) is 0 Å². The van der Waals surface area contributed by atoms with Crippen molar-refractivity contribution in [2.75, 3.05) is 32.5 Å². The topological polar surface area (TPSA) is 98.5 Å². The number of hydrogen-bond acceptors (Lipinski definition) is 5. The average Bonchev–Trinajstić information content (AvgIpc) is 2.81. The van der Waals surface area contributed by atoms with Gasteiger partial charge in [-0.1, -0.05) is 0 Å². The first kappa shape index (κ1) is 17.2. The van der Waals surface area contributed by atoms with Gasteiger partial charge >= 0.3 is 5.69 Å². The smallest absolute Gasteiger partial charge is 0.332 e. The number of fused-ring (bicyclic) bond motifs is 1. The van der Waals surface area contributed by atoms with Crippen LogP contribution < -0.4 is 21.5 Å². The number of nitrogens with one attached hydrogen (secondary N) is 2. The van der Waals surface area contributed by atoms with E-state index in [1.54, 1.807) is 18.5 Å². The molecule has 23 heavy (non-hydrogen) atoms. The lowest BCUT2D eigenvalue weighted by molar-refractivity contribution is -0.856. The zero-order chi connectivity index (χ0) is 17.3. The van der Waals surface area contributed by atoms with Crippen LogP contribution >= 0.6 is 0 Å². The lowest BCUT2D eigenvalue weighted by Crippen LogP contribution is -3.06. The Kier molecular flexibility index (Phi) is 4.90. The zero-order valence-electron chi connectivity index (χ0n) is 14.3. The first-order chi connectivity index (χ1) is 10.7. The highest BCUT2D eigenvalue weighted by molar-refractivity contribution is 5.74. The maximum Gasteiger partial charge on any atom is 0.332 e. The van der Waals surface area contributed by atoms with Crippen LogP contribution in [0.25, 0.3) is 11.2 Å². The number of aryl methyl sites for hydroxylation is 1. The normalized spacial score (nSPS) is 13.0. The summed E-state index contributed by atoms with van der Waals surface area (Å²) in [7, 11) is 7.10. The minimum absolute atomic E-state index is 0.223. The minimum atomic E-state index is -0.644. The lowest BCUT2D eigenvalue weighted by atomic mass is 10.4. The van der Waals surface area contributed by atoms with Gasteiger partial charge in [-0.25, -0.2) is 4.79 Å². The molecule has 2 aromatic heterocycles. The van der Waals surface area contributed by atoms with Gasteiger partial charge in [0.05, 0.1) is 39.8 Å². The quantitative estimate of drug-likeness (QED) is 0.540. The Bertz CT molecular complexity index is 814. The molecule has 0 aliphatic carbocycles. The number of likely N-dealkylation sites (N-methyl/N-ethyl adjacent to an activating group) is 1. The Hall–Kier alpha value is -2.13. The highest BCUT2D eigenvalue weighted by Crippen LogP contribution is 2.15. The molecule has 128 valence electrons. The number of nitrogens with zero attached hydrogens (tertiary/aromatic N) is 4. The summed E-state index contributed by atoms with van der Waals surface area (Å²) in [6.07, 6.45) is -0.644. The second-order valence-corrected chi connectivity index (χ2v) is 6.16. The van der Waals surface area contributed by atoms with E-state index in [1.807, 2.05) is 14.1 Å². The molecular weight excluding hydrogens is 300 g/mol. The summed E-state index contributed by atoms with van der Waals surface area (Å²) in [5.41, 5.74) is -0.204. The molecule has 0 aliphatic rings. The van der Waals surface area contributed by atoms with Crippen LogP contribution in [0.1, 0.15) is 6.92 Å². The number of aliphatic hydroxyl groups is 1. The zero-order valence-corrected chi connectivity index (χ0v) is 14.3. The van der Waals surface area contributed by atoms with Crippen LogP contribution in [0.4, 0.5) is 5.95 Å². The Morgan fingerprint density at radius 3 is 2.48 bits per heavy atom. The van der Waals surface area contributed by atoms with Gasteiger partial charge in [-0.15, -0.1) is 0 Å². The molecule has 2 heterocycles. The number of rotatable bonds is 6. The summed E-state index contributed by atoms with van der Waals surface area (Å²) in [5, 5.41) is 12.9. The van der Waals surface area contributed by atoms with Crippen LogP contribution in [0, 0.1) is 0 Å². The average molecular weight is 325 g/mol. The molecule has 3 N–H and O–H groups in total. The molecule has 0 saturated heterocycles. The first-order valence-corrected chi connectivity index (χ1v) is 7.61. The number of aliphatic hydroxyl groups excluding tert-OH is 1. The van der Waals surface area contributed by atoms with Crippen LogP contribution in [-0.2, 0) is 20.6 Å². The molecule has 9 heteroatoms. The van der Waals surface area contributed by atoms with Crippen LogP contribution in [-0.4, -0.2) is 57.1 Å². The fraction of sp³-hybridized carbons (Fsp3) is 0.643. The monoisotopic (exact) mass is 325 g/mol. The summed E-state index contributed by atoms with van der Waals surface area (Å²) in [4.78, 5) is 30.2. The molecule has 0 bridgehead atoms. The highest BCUT2D eigenvalue weighted by atomic mass is 16.3. The number of anilines is 1. The molecule has 0 amide bonds. The van der Waals surface area contributed by atoms with E-state index >= 15 is 0 Å². The summed E-state index contributed by atoms with van der Waals surface area (Å²) in [6, 6.07) is 0. The fourth-order valence-corrected chi connectivity index (χ4v) is 2.45. The number of hydrogen-bond donors (Lipinski definition) is 3. The minimum Gasteiger partial charge on any atom is -0.392 e. The number of imidazole rings is 1. The van der Waals surface area contributed by atoms with E-state index in [-0.39, 0.29) is 6.54 Å². The summed E-state index contributed by atoms with van der Waals surface area (Å²) >= 11 is 0. The van der Waals surface area contributed by atoms with Crippen molar-refractivity contribution >= 4 is 17.1 Å². The van der Waals surface area contributed by atoms with Crippen LogP contribution in [0.2, 0.25) is 0 Å². The maximum atomic E-state index is 12.5. The molecule has 0 aromatic carbocycles. The molecule has 1 atom stereocenters. The Morgan fingerprint density at radius 1 is 1.26 bits per heavy atom. The van der Waals surface area contributed by atoms with E-state index in [0.29, 0.717) is 23.7 Å². The predicted molar refractivity (Wildman–Crippen MR) is 88.1 cm³/mol. The summed E-state index contributed by atoms with van der Waals surface area (Å²) in [6.45, 7) is 3.40. The van der Waals surface area contributed by atoms with Gasteiger partial charge in [-0.3, -0.25) is 13.9 Å². The standard InChI is InChI=1S/C14H24N6O3/c1-9(21)8-20-10-11(16-13(20)15-6-7-17(2)3)18(4)14(23)19(5)12(10)22/h9,21H,6-8H2,1-5H3,(H,15,16)/p+1/t9-/m1/s1. The van der Waals surface area contributed by atoms with Crippen molar-refractivity contribution in [1.29, 1.82) is 0 Å². The van der Waals surface area contributed by atoms with E-state index in [9.17, 15) is 14.7 Å². The number of aromatic nitrogens is 4. The third-order valence-electron chi connectivity index (χ3n) is 3.70. The molecule has 0 aliphatic heterocycles. The first-order valence-electron chi connectivity index (χ1n) is 7.61. The van der Waals surface area contributed by atoms with Crippen LogP contribution in [0.5, 0.6) is 0 Å². The molecule has 2 rings (SSSR count). The van der Waals surface area contributed by atoms with E-state index < -0.39 is 17.4 Å². The SMILES string of the molecule is C[C@@H](O)Cn1c(NCC[NH+](C)C)nc2c1c(=O)n(C)c(=O)n2C. The second kappa shape index (κ2) is 6.55. The fourth-order valence-electron chi connectivity index (χ4n) is 2.45. The van der Waals surface area contributed by atoms with Gasteiger partial charge in [0.2, 0.25) is 5.95 Å². The Labute approximate surface area is 133 Å². The van der Waals surface area contributed by atoms with Gasteiger partial charge in [0.25, 0.3) is 5.56 Å². The Balaban J connectivity index is 2.62. The summed E-state index contributed by atoms with van der Waals surface area (Å²) in [5.74, 6) is 0.487. The van der Waals surface area contributed by atoms with E-state index in [2.05, 4.69) is 10.3 Å². The summed E-state index contributed by atoms with van der Waals surface area (Å²) < 4.78 is 4.04. The Morgan fingerprint density at radius 2 is 1.91 bits per heavy atom. The van der Waals surface area contributed by atoms with Crippen molar-refractivity contribution < 1.29 is 10.0 Å². The van der Waals surface area contributed by atoms with Crippen molar-refractivity contribution in [2.24, 2.45) is 14.1 Å². The molecular formula is C14H25N6O3+. The molecule has 0 saturated carbocycles. The predicted octanol–water partition coefficient (Wildman–Crippen LogP) is -2.63. The van der Waals surface area contributed by atoms with Gasteiger partial charge in [0.15, 0.2) is 11.2 Å². The maximum absolute atomic E-state index is 12.5. The third kappa shape index (κ3) is 3.30. The lowest BCUT2D eigenvalue weighted by Gasteiger charge is -2.13. The van der Waals surface area contributed by atoms with Gasteiger partial charge in [0.1, 0.15) is 0 Å². The van der Waals surface area contributed by atoms with Crippen molar-refractivity contribution in [3.05, 3.63) is 20.8 Å². The molecule has 0 unspecified atom stereocenters. The largest absolute Gasteiger partial charge is 0.392 e. The van der Waals surface area contributed by atoms with Crippen molar-refractivity contribution in [3.63, 3.8) is 0 Å². The van der Waals surface area contributed by atoms with Gasteiger partial charge in [0, 0.05) is 14.1 Å². The second-order valence-electron chi connectivity index (χ2n) is 6.16. The van der Waals surface area contributed by atoms with Gasteiger partial charge in [-0.2, -0.15) is 4.98 Å². The molecule has 0 radical (unpaired) electrons. The van der Waals surface area contributed by atoms with Crippen LogP contribution in [0.15, 0.2) is 9.59 Å². The van der Waals surface area contributed by atoms with E-state index in [0.717, 1.165) is 11.1 Å². The molecule has 0 spiro atoms. The third-order valence-corrected chi connectivity index (χ3v) is 3.70. The number of quaternary nitrogens is 1. The molecule has 0 fully saturated rings. The molecule has 2 aromatic rings.